The largest absolute Gasteiger partial charge is 0.491 e. The first-order valence-electron chi connectivity index (χ1n) is 8.16. The summed E-state index contributed by atoms with van der Waals surface area (Å²) in [5.74, 6) is 1.15. The molecular weight excluding hydrogens is 334 g/mol. The molecule has 3 rings (SSSR count). The van der Waals surface area contributed by atoms with Crippen LogP contribution in [-0.2, 0) is 4.79 Å². The number of benzene rings is 2. The number of aromatic amines is 1. The minimum atomic E-state index is -0.0327. The second kappa shape index (κ2) is 8.07. The van der Waals surface area contributed by atoms with E-state index in [1.807, 2.05) is 43.3 Å². The molecule has 130 valence electrons. The zero-order valence-corrected chi connectivity index (χ0v) is 15.2. The molecule has 1 heterocycles. The summed E-state index contributed by atoms with van der Waals surface area (Å²) in [6.45, 7) is 5.00. The number of aromatic nitrogens is 2. The lowest BCUT2D eigenvalue weighted by Crippen LogP contribution is -2.29. The van der Waals surface area contributed by atoms with Crippen LogP contribution in [0.5, 0.6) is 5.75 Å². The highest BCUT2D eigenvalue weighted by Crippen LogP contribution is 2.19. The summed E-state index contributed by atoms with van der Waals surface area (Å²) < 4.78 is 5.70. The summed E-state index contributed by atoms with van der Waals surface area (Å²) in [5.41, 5.74) is 4.20. The van der Waals surface area contributed by atoms with Gasteiger partial charge in [0, 0.05) is 0 Å². The van der Waals surface area contributed by atoms with Gasteiger partial charge in [0.25, 0.3) is 0 Å². The van der Waals surface area contributed by atoms with Crippen LogP contribution >= 0.6 is 11.8 Å². The molecule has 0 bridgehead atoms. The number of rotatable bonds is 7. The number of para-hydroxylation sites is 2. The van der Waals surface area contributed by atoms with Crippen LogP contribution in [-0.4, -0.2) is 34.8 Å². The Morgan fingerprint density at radius 1 is 1.24 bits per heavy atom. The maximum absolute atomic E-state index is 11.9. The van der Waals surface area contributed by atoms with Gasteiger partial charge >= 0.3 is 0 Å². The molecule has 2 aromatic carbocycles. The van der Waals surface area contributed by atoms with E-state index in [-0.39, 0.29) is 5.91 Å². The van der Waals surface area contributed by atoms with Gasteiger partial charge in [0.2, 0.25) is 5.91 Å². The summed E-state index contributed by atoms with van der Waals surface area (Å²) in [6, 6.07) is 13.9. The van der Waals surface area contributed by atoms with Crippen LogP contribution in [0.25, 0.3) is 11.0 Å². The Morgan fingerprint density at radius 2 is 2.08 bits per heavy atom. The number of amides is 1. The average molecular weight is 355 g/mol. The van der Waals surface area contributed by atoms with Crippen molar-refractivity contribution in [3.8, 4) is 5.75 Å². The Morgan fingerprint density at radius 3 is 2.88 bits per heavy atom. The van der Waals surface area contributed by atoms with Crippen molar-refractivity contribution in [3.63, 3.8) is 0 Å². The number of ether oxygens (including phenoxy) is 1. The quantitative estimate of drug-likeness (QED) is 0.503. The predicted molar refractivity (Wildman–Crippen MR) is 101 cm³/mol. The van der Waals surface area contributed by atoms with Crippen molar-refractivity contribution in [3.05, 3.63) is 53.6 Å². The van der Waals surface area contributed by atoms with Crippen molar-refractivity contribution in [2.75, 3.05) is 18.9 Å². The van der Waals surface area contributed by atoms with Crippen LogP contribution in [0, 0.1) is 13.8 Å². The zero-order valence-electron chi connectivity index (χ0n) is 14.3. The molecule has 0 aliphatic carbocycles. The fraction of sp³-hybridized carbons (Fsp3) is 0.263. The summed E-state index contributed by atoms with van der Waals surface area (Å²) in [6.07, 6.45) is 0. The number of imidazole rings is 1. The second-order valence-corrected chi connectivity index (χ2v) is 6.78. The molecule has 0 radical (unpaired) electrons. The summed E-state index contributed by atoms with van der Waals surface area (Å²) in [5, 5.41) is 3.61. The number of carbonyl (C=O) groups is 1. The average Bonchev–Trinajstić information content (AvgIpc) is 3.01. The van der Waals surface area contributed by atoms with Crippen molar-refractivity contribution < 1.29 is 9.53 Å². The van der Waals surface area contributed by atoms with Gasteiger partial charge in [-0.2, -0.15) is 0 Å². The molecule has 0 aliphatic rings. The van der Waals surface area contributed by atoms with Crippen LogP contribution in [0.15, 0.2) is 47.6 Å². The lowest BCUT2D eigenvalue weighted by Gasteiger charge is -2.10. The first-order valence-corrected chi connectivity index (χ1v) is 9.15. The number of thioether (sulfide) groups is 1. The van der Waals surface area contributed by atoms with Gasteiger partial charge in [0.1, 0.15) is 12.4 Å². The minimum Gasteiger partial charge on any atom is -0.491 e. The standard InChI is InChI=1S/C19H21N3O2S/c1-13-7-8-17(14(2)11-13)24-10-9-20-18(23)12-25-19-21-15-5-3-4-6-16(15)22-19/h3-8,11H,9-10,12H2,1-2H3,(H,20,23)(H,21,22). The number of nitrogens with zero attached hydrogens (tertiary/aromatic N) is 1. The molecule has 0 fully saturated rings. The van der Waals surface area contributed by atoms with Gasteiger partial charge in [-0.05, 0) is 37.6 Å². The van der Waals surface area contributed by atoms with Gasteiger partial charge in [-0.1, -0.05) is 41.6 Å². The number of aryl methyl sites for hydroxylation is 2. The van der Waals surface area contributed by atoms with Gasteiger partial charge in [0.05, 0.1) is 23.3 Å². The summed E-state index contributed by atoms with van der Waals surface area (Å²) in [4.78, 5) is 19.6. The van der Waals surface area contributed by atoms with Crippen molar-refractivity contribution in [1.82, 2.24) is 15.3 Å². The molecule has 25 heavy (non-hydrogen) atoms. The highest BCUT2D eigenvalue weighted by molar-refractivity contribution is 7.99. The van der Waals surface area contributed by atoms with Gasteiger partial charge < -0.3 is 15.0 Å². The summed E-state index contributed by atoms with van der Waals surface area (Å²) >= 11 is 1.39. The van der Waals surface area contributed by atoms with E-state index in [4.69, 9.17) is 4.74 Å². The molecule has 0 aliphatic heterocycles. The lowest BCUT2D eigenvalue weighted by atomic mass is 10.1. The number of hydrogen-bond donors (Lipinski definition) is 2. The van der Waals surface area contributed by atoms with Gasteiger partial charge in [-0.3, -0.25) is 4.79 Å². The fourth-order valence-corrected chi connectivity index (χ4v) is 3.21. The SMILES string of the molecule is Cc1ccc(OCCNC(=O)CSc2nc3ccccc3[nH]2)c(C)c1. The molecule has 0 saturated carbocycles. The molecule has 0 saturated heterocycles. The third-order valence-electron chi connectivity index (χ3n) is 3.72. The van der Waals surface area contributed by atoms with Crippen molar-refractivity contribution in [2.24, 2.45) is 0 Å². The third-order valence-corrected chi connectivity index (χ3v) is 4.59. The molecule has 0 spiro atoms. The highest BCUT2D eigenvalue weighted by Gasteiger charge is 2.07. The molecule has 3 aromatic rings. The number of nitrogens with one attached hydrogen (secondary N) is 2. The van der Waals surface area contributed by atoms with E-state index in [2.05, 4.69) is 28.3 Å². The Hall–Kier alpha value is -2.47. The molecule has 1 amide bonds. The number of hydrogen-bond acceptors (Lipinski definition) is 4. The van der Waals surface area contributed by atoms with E-state index in [1.165, 1.54) is 17.3 Å². The maximum atomic E-state index is 11.9. The van der Waals surface area contributed by atoms with E-state index in [0.29, 0.717) is 18.9 Å². The predicted octanol–water partition coefficient (Wildman–Crippen LogP) is 3.47. The Balaban J connectivity index is 1.39. The van der Waals surface area contributed by atoms with E-state index in [0.717, 1.165) is 27.5 Å². The van der Waals surface area contributed by atoms with Crippen molar-refractivity contribution >= 4 is 28.7 Å². The van der Waals surface area contributed by atoms with Crippen molar-refractivity contribution in [1.29, 1.82) is 0 Å². The molecule has 6 heteroatoms. The van der Waals surface area contributed by atoms with E-state index >= 15 is 0 Å². The third kappa shape index (κ3) is 4.76. The molecule has 0 unspecified atom stereocenters. The first kappa shape index (κ1) is 17.4. The highest BCUT2D eigenvalue weighted by atomic mass is 32.2. The Labute approximate surface area is 151 Å². The number of carbonyl (C=O) groups excluding carboxylic acids is 1. The van der Waals surface area contributed by atoms with E-state index in [9.17, 15) is 4.79 Å². The molecular formula is C19H21N3O2S. The van der Waals surface area contributed by atoms with E-state index in [1.54, 1.807) is 0 Å². The lowest BCUT2D eigenvalue weighted by molar-refractivity contribution is -0.118. The van der Waals surface area contributed by atoms with Crippen molar-refractivity contribution in [2.45, 2.75) is 19.0 Å². The van der Waals surface area contributed by atoms with Crippen LogP contribution in [0.2, 0.25) is 0 Å². The zero-order chi connectivity index (χ0) is 17.6. The van der Waals surface area contributed by atoms with Crippen LogP contribution in [0.3, 0.4) is 0 Å². The molecule has 5 nitrogen and oxygen atoms in total. The fourth-order valence-electron chi connectivity index (χ4n) is 2.50. The van der Waals surface area contributed by atoms with Gasteiger partial charge in [-0.25, -0.2) is 4.98 Å². The maximum Gasteiger partial charge on any atom is 0.230 e. The van der Waals surface area contributed by atoms with Gasteiger partial charge in [-0.15, -0.1) is 0 Å². The summed E-state index contributed by atoms with van der Waals surface area (Å²) in [7, 11) is 0. The Bertz CT molecular complexity index is 843. The number of H-pyrrole nitrogens is 1. The smallest absolute Gasteiger partial charge is 0.230 e. The van der Waals surface area contributed by atoms with E-state index < -0.39 is 0 Å². The van der Waals surface area contributed by atoms with Crippen LogP contribution in [0.1, 0.15) is 11.1 Å². The van der Waals surface area contributed by atoms with Crippen LogP contribution < -0.4 is 10.1 Å². The minimum absolute atomic E-state index is 0.0327. The normalized spacial score (nSPS) is 10.8. The second-order valence-electron chi connectivity index (χ2n) is 5.82. The first-order chi connectivity index (χ1) is 12.1. The van der Waals surface area contributed by atoms with Gasteiger partial charge in [0.15, 0.2) is 5.16 Å². The molecule has 1 aromatic heterocycles. The Kier molecular flexibility index (Phi) is 5.60. The number of fused-ring (bicyclic) bond motifs is 1. The topological polar surface area (TPSA) is 67.0 Å². The molecule has 0 atom stereocenters. The van der Waals surface area contributed by atoms with Crippen LogP contribution in [0.4, 0.5) is 0 Å². The monoisotopic (exact) mass is 355 g/mol. The molecule has 2 N–H and O–H groups in total.